The predicted molar refractivity (Wildman–Crippen MR) is 228 cm³/mol. The highest BCUT2D eigenvalue weighted by Gasteiger charge is 2.58. The summed E-state index contributed by atoms with van der Waals surface area (Å²) < 4.78 is 15.2. The van der Waals surface area contributed by atoms with Crippen LogP contribution in [0.15, 0.2) is 48.5 Å². The Kier molecular flexibility index (Phi) is 11.2. The SMILES string of the molecule is COC(=O)N[C@H](C(=O)N1C2CC2C[C@H]1c1nc(-c2ccc(-c3ccc(-c4nc([C@@H]5CC6CC6N5C(=O)[C@@H](NC(=O)OC)C(C)(C)O)[nH]c4Cl)cc3)cc2)c(Cl)[nH]1)C1CCOCC1. The maximum absolute atomic E-state index is 14.2. The van der Waals surface area contributed by atoms with Gasteiger partial charge in [-0.3, -0.25) is 9.59 Å². The Balaban J connectivity index is 0.893. The number of piperidine rings is 2. The van der Waals surface area contributed by atoms with Gasteiger partial charge in [0.15, 0.2) is 0 Å². The van der Waals surface area contributed by atoms with Crippen molar-refractivity contribution < 1.29 is 38.5 Å². The Hall–Kier alpha value is -5.16. The third-order valence-corrected chi connectivity index (χ3v) is 13.8. The third kappa shape index (κ3) is 8.01. The number of hydrogen-bond acceptors (Lipinski definition) is 10. The minimum absolute atomic E-state index is 0.0155. The molecule has 18 heteroatoms. The van der Waals surface area contributed by atoms with Crippen LogP contribution in [0, 0.1) is 17.8 Å². The van der Waals surface area contributed by atoms with E-state index in [-0.39, 0.29) is 30.0 Å². The maximum atomic E-state index is 14.2. The number of aliphatic hydroxyl groups is 1. The van der Waals surface area contributed by atoms with Crippen molar-refractivity contribution in [2.45, 2.75) is 94.2 Å². The van der Waals surface area contributed by atoms with E-state index in [1.807, 2.05) is 53.4 Å². The summed E-state index contributed by atoms with van der Waals surface area (Å²) in [6.45, 7) is 4.02. The first-order chi connectivity index (χ1) is 29.7. The largest absolute Gasteiger partial charge is 0.453 e. The second-order valence-electron chi connectivity index (χ2n) is 17.6. The molecule has 5 N–H and O–H groups in total. The molecule has 16 nitrogen and oxygen atoms in total. The average Bonchev–Trinajstić information content (AvgIpc) is 3.98. The standard InChI is InChI=1S/C44H50Cl2N8O8/c1-44(2,59)35(50-43(58)61-4)41(56)54-29-18-27(29)20-31(54)39-48-33(37(46)52-39)24-11-7-22(8-12-24)21-5-9-23(10-6-21)32-36(45)51-38(47-32)30-19-26-17-28(26)53(30)40(55)34(49-42(57)60-3)25-13-15-62-16-14-25/h5-12,25-31,34-35,59H,13-20H2,1-4H3,(H,47,51)(H,48,52)(H,49,57)(H,50,58)/t26?,27?,28?,29?,30-,31-,34-,35+/m0/s1. The lowest BCUT2D eigenvalue weighted by Crippen LogP contribution is -2.59. The lowest BCUT2D eigenvalue weighted by molar-refractivity contribution is -0.141. The third-order valence-electron chi connectivity index (χ3n) is 13.2. The number of benzene rings is 2. The summed E-state index contributed by atoms with van der Waals surface area (Å²) in [4.78, 5) is 72.5. The van der Waals surface area contributed by atoms with Crippen LogP contribution in [-0.2, 0) is 23.8 Å². The lowest BCUT2D eigenvalue weighted by atomic mass is 9.90. The van der Waals surface area contributed by atoms with Gasteiger partial charge in [-0.2, -0.15) is 0 Å². The average molecular weight is 890 g/mol. The zero-order valence-electron chi connectivity index (χ0n) is 34.8. The van der Waals surface area contributed by atoms with Crippen LogP contribution in [0.25, 0.3) is 33.6 Å². The molecule has 8 atom stereocenters. The number of alkyl carbamates (subject to hydrolysis) is 2. The summed E-state index contributed by atoms with van der Waals surface area (Å²) in [5.74, 6) is 1.22. The quantitative estimate of drug-likeness (QED) is 0.112. The molecule has 9 rings (SSSR count). The molecule has 2 saturated carbocycles. The van der Waals surface area contributed by atoms with Gasteiger partial charge < -0.3 is 49.7 Å². The Labute approximate surface area is 368 Å². The molecule has 0 radical (unpaired) electrons. The fraction of sp³-hybridized carbons (Fsp3) is 0.500. The number of fused-ring (bicyclic) bond motifs is 2. The summed E-state index contributed by atoms with van der Waals surface area (Å²) in [5.41, 5.74) is 3.12. The van der Waals surface area contributed by atoms with Crippen molar-refractivity contribution in [1.29, 1.82) is 0 Å². The monoisotopic (exact) mass is 888 g/mol. The van der Waals surface area contributed by atoms with E-state index >= 15 is 0 Å². The molecule has 2 aromatic heterocycles. The summed E-state index contributed by atoms with van der Waals surface area (Å²) in [7, 11) is 2.50. The number of rotatable bonds is 11. The number of H-pyrrole nitrogens is 2. The van der Waals surface area contributed by atoms with Crippen molar-refractivity contribution in [3.05, 3.63) is 70.5 Å². The van der Waals surface area contributed by atoms with Crippen molar-refractivity contribution >= 4 is 47.2 Å². The number of methoxy groups -OCH3 is 2. The molecule has 0 spiro atoms. The number of halogens is 2. The fourth-order valence-corrected chi connectivity index (χ4v) is 10.3. The van der Waals surface area contributed by atoms with Crippen LogP contribution in [-0.4, -0.2) is 116 Å². The number of aromatic amines is 2. The van der Waals surface area contributed by atoms with Gasteiger partial charge in [0, 0.05) is 36.4 Å². The van der Waals surface area contributed by atoms with Gasteiger partial charge in [0.1, 0.15) is 45.4 Å². The second-order valence-corrected chi connectivity index (χ2v) is 18.4. The van der Waals surface area contributed by atoms with Gasteiger partial charge in [0.25, 0.3) is 0 Å². The van der Waals surface area contributed by atoms with Gasteiger partial charge in [-0.25, -0.2) is 19.6 Å². The van der Waals surface area contributed by atoms with E-state index in [0.29, 0.717) is 77.7 Å². The smallest absolute Gasteiger partial charge is 0.407 e. The fourth-order valence-electron chi connectivity index (χ4n) is 9.76. The number of ether oxygens (including phenoxy) is 3. The van der Waals surface area contributed by atoms with Crippen LogP contribution >= 0.6 is 23.2 Å². The number of carbonyl (C=O) groups is 4. The summed E-state index contributed by atoms with van der Waals surface area (Å²) >= 11 is 13.6. The van der Waals surface area contributed by atoms with Gasteiger partial charge in [-0.1, -0.05) is 71.7 Å². The first-order valence-electron chi connectivity index (χ1n) is 21.1. The highest BCUT2D eigenvalue weighted by atomic mass is 35.5. The number of aromatic nitrogens is 4. The van der Waals surface area contributed by atoms with E-state index in [1.54, 1.807) is 4.90 Å². The molecule has 2 aliphatic carbocycles. The molecule has 0 bridgehead atoms. The topological polar surface area (TPSA) is 204 Å². The Morgan fingerprint density at radius 3 is 1.61 bits per heavy atom. The molecule has 4 aromatic rings. The van der Waals surface area contributed by atoms with Crippen molar-refractivity contribution in [3.63, 3.8) is 0 Å². The van der Waals surface area contributed by atoms with E-state index in [1.165, 1.54) is 28.1 Å². The predicted octanol–water partition coefficient (Wildman–Crippen LogP) is 6.41. The lowest BCUT2D eigenvalue weighted by Gasteiger charge is -2.35. The second kappa shape index (κ2) is 16.5. The normalized spacial score (nSPS) is 25.1. The van der Waals surface area contributed by atoms with Gasteiger partial charge in [-0.15, -0.1) is 0 Å². The molecule has 2 aromatic carbocycles. The summed E-state index contributed by atoms with van der Waals surface area (Å²) in [5, 5.41) is 16.9. The molecule has 3 aliphatic heterocycles. The minimum Gasteiger partial charge on any atom is -0.453 e. The molecular weight excluding hydrogens is 839 g/mol. The van der Waals surface area contributed by atoms with Crippen molar-refractivity contribution in [3.8, 4) is 33.6 Å². The summed E-state index contributed by atoms with van der Waals surface area (Å²) in [6.07, 6.45) is 3.11. The van der Waals surface area contributed by atoms with Gasteiger partial charge in [-0.05, 0) is 81.3 Å². The van der Waals surface area contributed by atoms with Gasteiger partial charge >= 0.3 is 12.2 Å². The Morgan fingerprint density at radius 1 is 0.726 bits per heavy atom. The molecule has 4 unspecified atom stereocenters. The van der Waals surface area contributed by atoms with E-state index in [9.17, 15) is 24.3 Å². The molecule has 5 aliphatic rings. The van der Waals surface area contributed by atoms with Crippen LogP contribution in [0.2, 0.25) is 10.3 Å². The molecule has 4 amide bonds. The number of amides is 4. The first kappa shape index (κ1) is 42.2. The van der Waals surface area contributed by atoms with E-state index < -0.39 is 41.8 Å². The van der Waals surface area contributed by atoms with Crippen molar-refractivity contribution in [2.24, 2.45) is 17.8 Å². The number of nitrogens with one attached hydrogen (secondary N) is 4. The number of imidazole rings is 2. The van der Waals surface area contributed by atoms with E-state index in [2.05, 4.69) is 20.6 Å². The van der Waals surface area contributed by atoms with Crippen LogP contribution in [0.3, 0.4) is 0 Å². The Bertz CT molecular complexity index is 2360. The van der Waals surface area contributed by atoms with Gasteiger partial charge in [0.2, 0.25) is 11.8 Å². The number of carbonyl (C=O) groups excluding carboxylic acids is 4. The Morgan fingerprint density at radius 2 is 1.16 bits per heavy atom. The van der Waals surface area contributed by atoms with Crippen LogP contribution < -0.4 is 10.6 Å². The zero-order valence-corrected chi connectivity index (χ0v) is 36.3. The molecule has 5 fully saturated rings. The molecular formula is C44H50Cl2N8O8. The first-order valence-corrected chi connectivity index (χ1v) is 21.8. The molecule has 328 valence electrons. The van der Waals surface area contributed by atoms with E-state index in [0.717, 1.165) is 41.5 Å². The van der Waals surface area contributed by atoms with Crippen molar-refractivity contribution in [2.75, 3.05) is 27.4 Å². The minimum atomic E-state index is -1.55. The highest BCUT2D eigenvalue weighted by Crippen LogP contribution is 2.55. The molecule has 62 heavy (non-hydrogen) atoms. The van der Waals surface area contributed by atoms with Gasteiger partial charge in [0.05, 0.1) is 31.9 Å². The maximum Gasteiger partial charge on any atom is 0.407 e. The van der Waals surface area contributed by atoms with Crippen molar-refractivity contribution in [1.82, 2.24) is 40.4 Å². The van der Waals surface area contributed by atoms with Crippen LogP contribution in [0.1, 0.15) is 76.1 Å². The zero-order chi connectivity index (χ0) is 43.6. The number of likely N-dealkylation sites (tertiary alicyclic amines) is 2. The molecule has 5 heterocycles. The van der Waals surface area contributed by atoms with Crippen LogP contribution in [0.5, 0.6) is 0 Å². The van der Waals surface area contributed by atoms with E-state index in [4.69, 9.17) is 47.4 Å². The number of hydrogen-bond donors (Lipinski definition) is 5. The molecule has 3 saturated heterocycles. The number of nitrogens with zero attached hydrogens (tertiary/aromatic N) is 4. The highest BCUT2D eigenvalue weighted by molar-refractivity contribution is 6.32. The van der Waals surface area contributed by atoms with Crippen LogP contribution in [0.4, 0.5) is 9.59 Å². The summed E-state index contributed by atoms with van der Waals surface area (Å²) in [6, 6.07) is 13.2.